The van der Waals surface area contributed by atoms with Crippen molar-refractivity contribution >= 4 is 5.97 Å². The first-order valence-corrected chi connectivity index (χ1v) is 12.7. The van der Waals surface area contributed by atoms with Crippen LogP contribution in [0.1, 0.15) is 102 Å². The van der Waals surface area contributed by atoms with E-state index in [1.54, 1.807) is 7.11 Å². The number of aliphatic hydroxyl groups excluding tert-OH is 1. The third kappa shape index (κ3) is 16.1. The maximum absolute atomic E-state index is 11.8. The van der Waals surface area contributed by atoms with Crippen LogP contribution < -0.4 is 4.74 Å². The lowest BCUT2D eigenvalue weighted by molar-refractivity contribution is -0.148. The van der Waals surface area contributed by atoms with Crippen molar-refractivity contribution in [1.29, 1.82) is 0 Å². The van der Waals surface area contributed by atoms with Gasteiger partial charge in [-0.05, 0) is 24.1 Å². The number of ether oxygens (including phenoxy) is 3. The number of carbonyl (C=O) groups excluding carboxylic acids is 1. The van der Waals surface area contributed by atoms with E-state index in [-0.39, 0.29) is 19.2 Å². The average molecular weight is 451 g/mol. The molecule has 1 N–H and O–H groups in total. The predicted octanol–water partition coefficient (Wildman–Crippen LogP) is 6.60. The summed E-state index contributed by atoms with van der Waals surface area (Å²) in [5.41, 5.74) is 0.998. The molecule has 5 heteroatoms. The SMILES string of the molecule is CCCCCCCCCCCCCCCC(=O)OCC(O)COCc1ccc(OC)cc1. The summed E-state index contributed by atoms with van der Waals surface area (Å²) < 4.78 is 15.8. The first kappa shape index (κ1) is 28.4. The highest BCUT2D eigenvalue weighted by Crippen LogP contribution is 2.14. The van der Waals surface area contributed by atoms with E-state index in [0.29, 0.717) is 13.0 Å². The highest BCUT2D eigenvalue weighted by atomic mass is 16.5. The molecule has 0 aliphatic carbocycles. The van der Waals surface area contributed by atoms with E-state index in [2.05, 4.69) is 6.92 Å². The molecular formula is C27H46O5. The second kappa shape index (κ2) is 20.0. The molecule has 5 nitrogen and oxygen atoms in total. The molecule has 1 rings (SSSR count). The van der Waals surface area contributed by atoms with Gasteiger partial charge in [0.05, 0.1) is 20.3 Å². The summed E-state index contributed by atoms with van der Waals surface area (Å²) in [7, 11) is 1.63. The van der Waals surface area contributed by atoms with Gasteiger partial charge in [-0.1, -0.05) is 96.1 Å². The van der Waals surface area contributed by atoms with Gasteiger partial charge in [0, 0.05) is 6.42 Å². The maximum atomic E-state index is 11.8. The van der Waals surface area contributed by atoms with Crippen LogP contribution in [0.3, 0.4) is 0 Å². The molecule has 0 radical (unpaired) electrons. The molecule has 0 fully saturated rings. The van der Waals surface area contributed by atoms with Gasteiger partial charge in [-0.3, -0.25) is 4.79 Å². The minimum atomic E-state index is -0.802. The third-order valence-corrected chi connectivity index (χ3v) is 5.66. The van der Waals surface area contributed by atoms with Crippen LogP contribution in [0.4, 0.5) is 0 Å². The molecule has 0 heterocycles. The Hall–Kier alpha value is -1.59. The molecule has 1 aromatic carbocycles. The minimum Gasteiger partial charge on any atom is -0.497 e. The van der Waals surface area contributed by atoms with Crippen molar-refractivity contribution in [2.75, 3.05) is 20.3 Å². The Morgan fingerprint density at radius 3 is 1.88 bits per heavy atom. The van der Waals surface area contributed by atoms with Gasteiger partial charge in [0.1, 0.15) is 18.5 Å². The number of hydrogen-bond donors (Lipinski definition) is 1. The van der Waals surface area contributed by atoms with E-state index >= 15 is 0 Å². The van der Waals surface area contributed by atoms with Crippen LogP contribution in [-0.4, -0.2) is 37.5 Å². The fourth-order valence-corrected chi connectivity index (χ4v) is 3.63. The van der Waals surface area contributed by atoms with Gasteiger partial charge in [-0.25, -0.2) is 0 Å². The van der Waals surface area contributed by atoms with Crippen LogP contribution in [0.2, 0.25) is 0 Å². The van der Waals surface area contributed by atoms with Crippen molar-refractivity contribution in [1.82, 2.24) is 0 Å². The molecule has 0 bridgehead atoms. The summed E-state index contributed by atoms with van der Waals surface area (Å²) >= 11 is 0. The van der Waals surface area contributed by atoms with E-state index < -0.39 is 6.10 Å². The second-order valence-electron chi connectivity index (χ2n) is 8.69. The number of esters is 1. The lowest BCUT2D eigenvalue weighted by Crippen LogP contribution is -2.23. The molecular weight excluding hydrogens is 404 g/mol. The summed E-state index contributed by atoms with van der Waals surface area (Å²) in [5, 5.41) is 9.92. The number of carbonyl (C=O) groups is 1. The molecule has 0 saturated heterocycles. The van der Waals surface area contributed by atoms with E-state index in [4.69, 9.17) is 14.2 Å². The quantitative estimate of drug-likeness (QED) is 0.169. The number of benzene rings is 1. The van der Waals surface area contributed by atoms with Crippen molar-refractivity contribution in [2.45, 2.75) is 110 Å². The zero-order chi connectivity index (χ0) is 23.3. The smallest absolute Gasteiger partial charge is 0.305 e. The van der Waals surface area contributed by atoms with E-state index in [1.807, 2.05) is 24.3 Å². The van der Waals surface area contributed by atoms with Crippen molar-refractivity contribution in [3.05, 3.63) is 29.8 Å². The zero-order valence-electron chi connectivity index (χ0n) is 20.5. The Balaban J connectivity index is 1.88. The van der Waals surface area contributed by atoms with Gasteiger partial charge in [0.2, 0.25) is 0 Å². The topological polar surface area (TPSA) is 65.0 Å². The molecule has 32 heavy (non-hydrogen) atoms. The Morgan fingerprint density at radius 1 is 0.812 bits per heavy atom. The van der Waals surface area contributed by atoms with E-state index in [1.165, 1.54) is 70.6 Å². The van der Waals surface area contributed by atoms with Gasteiger partial charge in [0.25, 0.3) is 0 Å². The highest BCUT2D eigenvalue weighted by molar-refractivity contribution is 5.69. The standard InChI is InChI=1S/C27H46O5/c1-3-4-5-6-7-8-9-10-11-12-13-14-15-16-27(29)32-23-25(28)22-31-21-24-17-19-26(30-2)20-18-24/h17-20,25,28H,3-16,21-23H2,1-2H3. The molecule has 1 unspecified atom stereocenters. The highest BCUT2D eigenvalue weighted by Gasteiger charge is 2.09. The molecule has 0 aliphatic rings. The van der Waals surface area contributed by atoms with Crippen LogP contribution in [0.5, 0.6) is 5.75 Å². The Morgan fingerprint density at radius 2 is 1.34 bits per heavy atom. The van der Waals surface area contributed by atoms with E-state index in [9.17, 15) is 9.90 Å². The monoisotopic (exact) mass is 450 g/mol. The molecule has 0 saturated carbocycles. The number of hydrogen-bond acceptors (Lipinski definition) is 5. The summed E-state index contributed by atoms with van der Waals surface area (Å²) in [6.07, 6.45) is 16.3. The minimum absolute atomic E-state index is 0.0140. The average Bonchev–Trinajstić information content (AvgIpc) is 2.81. The normalized spacial score (nSPS) is 12.0. The van der Waals surface area contributed by atoms with Crippen LogP contribution in [-0.2, 0) is 20.9 Å². The Kier molecular flexibility index (Phi) is 17.8. The van der Waals surface area contributed by atoms with Crippen molar-refractivity contribution in [2.24, 2.45) is 0 Å². The molecule has 1 atom stereocenters. The lowest BCUT2D eigenvalue weighted by atomic mass is 10.0. The summed E-state index contributed by atoms with van der Waals surface area (Å²) in [5.74, 6) is 0.562. The molecule has 0 aliphatic heterocycles. The largest absolute Gasteiger partial charge is 0.497 e. The maximum Gasteiger partial charge on any atom is 0.305 e. The van der Waals surface area contributed by atoms with Crippen LogP contribution >= 0.6 is 0 Å². The van der Waals surface area contributed by atoms with Gasteiger partial charge in [-0.2, -0.15) is 0 Å². The number of unbranched alkanes of at least 4 members (excludes halogenated alkanes) is 12. The zero-order valence-corrected chi connectivity index (χ0v) is 20.5. The van der Waals surface area contributed by atoms with Crippen molar-refractivity contribution in [3.63, 3.8) is 0 Å². The predicted molar refractivity (Wildman–Crippen MR) is 130 cm³/mol. The van der Waals surface area contributed by atoms with Gasteiger partial charge in [-0.15, -0.1) is 0 Å². The molecule has 1 aromatic rings. The summed E-state index contributed by atoms with van der Waals surface area (Å²) in [6.45, 7) is 2.78. The second-order valence-corrected chi connectivity index (χ2v) is 8.69. The lowest BCUT2D eigenvalue weighted by Gasteiger charge is -2.12. The third-order valence-electron chi connectivity index (χ3n) is 5.66. The Labute approximate surface area is 195 Å². The van der Waals surface area contributed by atoms with Gasteiger partial charge >= 0.3 is 5.97 Å². The first-order chi connectivity index (χ1) is 15.7. The van der Waals surface area contributed by atoms with Crippen LogP contribution in [0.15, 0.2) is 24.3 Å². The Bertz CT molecular complexity index is 558. The number of aliphatic hydroxyl groups is 1. The molecule has 0 spiro atoms. The van der Waals surface area contributed by atoms with E-state index in [0.717, 1.165) is 24.2 Å². The molecule has 0 aromatic heterocycles. The fourth-order valence-electron chi connectivity index (χ4n) is 3.63. The number of methoxy groups -OCH3 is 1. The summed E-state index contributed by atoms with van der Waals surface area (Å²) in [4.78, 5) is 11.8. The first-order valence-electron chi connectivity index (χ1n) is 12.7. The van der Waals surface area contributed by atoms with Gasteiger partial charge in [0.15, 0.2) is 0 Å². The number of rotatable bonds is 21. The van der Waals surface area contributed by atoms with Crippen LogP contribution in [0.25, 0.3) is 0 Å². The molecule has 184 valence electrons. The summed E-state index contributed by atoms with van der Waals surface area (Å²) in [6, 6.07) is 7.57. The van der Waals surface area contributed by atoms with Crippen LogP contribution in [0, 0.1) is 0 Å². The van der Waals surface area contributed by atoms with Crippen molar-refractivity contribution < 1.29 is 24.1 Å². The van der Waals surface area contributed by atoms with Crippen molar-refractivity contribution in [3.8, 4) is 5.75 Å². The van der Waals surface area contributed by atoms with Gasteiger partial charge < -0.3 is 19.3 Å². The molecule has 0 amide bonds. The fraction of sp³-hybridized carbons (Fsp3) is 0.741.